The topological polar surface area (TPSA) is 60.2 Å². The molecule has 0 fully saturated rings. The fourth-order valence-electron chi connectivity index (χ4n) is 2.90. The van der Waals surface area contributed by atoms with Crippen LogP contribution in [0.15, 0.2) is 53.7 Å². The third kappa shape index (κ3) is 5.55. The molecule has 0 aliphatic rings. The van der Waals surface area contributed by atoms with Crippen LogP contribution in [0.25, 0.3) is 11.4 Å². The summed E-state index contributed by atoms with van der Waals surface area (Å²) < 4.78 is 7.70. The number of amides is 1. The molecule has 0 radical (unpaired) electrons. The van der Waals surface area contributed by atoms with Crippen LogP contribution in [0.5, 0.6) is 5.75 Å². The van der Waals surface area contributed by atoms with Crippen LogP contribution in [0.2, 0.25) is 5.02 Å². The summed E-state index contributed by atoms with van der Waals surface area (Å²) in [5.41, 5.74) is 2.20. The van der Waals surface area contributed by atoms with Crippen molar-refractivity contribution >= 4 is 29.3 Å². The molecule has 3 aromatic rings. The monoisotopic (exact) mass is 444 g/mol. The second kappa shape index (κ2) is 10.5. The molecule has 6 nitrogen and oxygen atoms in total. The largest absolute Gasteiger partial charge is 0.492 e. The molecule has 0 saturated carbocycles. The predicted molar refractivity (Wildman–Crippen MR) is 121 cm³/mol. The highest BCUT2D eigenvalue weighted by atomic mass is 35.5. The van der Waals surface area contributed by atoms with Crippen LogP contribution < -0.4 is 4.74 Å². The molecule has 0 aliphatic heterocycles. The van der Waals surface area contributed by atoms with Gasteiger partial charge in [0.05, 0.1) is 12.3 Å². The zero-order valence-corrected chi connectivity index (χ0v) is 18.9. The quantitative estimate of drug-likeness (QED) is 0.453. The summed E-state index contributed by atoms with van der Waals surface area (Å²) in [5, 5.41) is 10.1. The Labute approximate surface area is 186 Å². The van der Waals surface area contributed by atoms with Gasteiger partial charge in [-0.2, -0.15) is 0 Å². The minimum Gasteiger partial charge on any atom is -0.492 e. The Morgan fingerprint density at radius 3 is 2.60 bits per heavy atom. The Kier molecular flexibility index (Phi) is 7.76. The molecule has 0 N–H and O–H groups in total. The fraction of sp³-hybridized carbons (Fsp3) is 0.318. The lowest BCUT2D eigenvalue weighted by atomic mass is 10.1. The Morgan fingerprint density at radius 1 is 1.17 bits per heavy atom. The van der Waals surface area contributed by atoms with Gasteiger partial charge in [0.1, 0.15) is 12.4 Å². The number of carbonyl (C=O) groups excluding carboxylic acids is 1. The maximum atomic E-state index is 12.5. The van der Waals surface area contributed by atoms with Gasteiger partial charge in [-0.1, -0.05) is 47.6 Å². The lowest BCUT2D eigenvalue weighted by Gasteiger charge is -2.17. The molecule has 0 bridgehead atoms. The number of hydrogen-bond acceptors (Lipinski definition) is 5. The van der Waals surface area contributed by atoms with E-state index in [0.717, 1.165) is 34.4 Å². The Hall–Kier alpha value is -2.51. The summed E-state index contributed by atoms with van der Waals surface area (Å²) in [7, 11) is 1.78. The van der Waals surface area contributed by atoms with Crippen molar-refractivity contribution in [1.82, 2.24) is 19.7 Å². The summed E-state index contributed by atoms with van der Waals surface area (Å²) in [5.74, 6) is 1.87. The van der Waals surface area contributed by atoms with Gasteiger partial charge in [-0.05, 0) is 43.7 Å². The van der Waals surface area contributed by atoms with Crippen LogP contribution in [-0.2, 0) is 11.3 Å². The maximum Gasteiger partial charge on any atom is 0.232 e. The minimum atomic E-state index is 0.0165. The van der Waals surface area contributed by atoms with E-state index >= 15 is 0 Å². The van der Waals surface area contributed by atoms with E-state index in [-0.39, 0.29) is 5.91 Å². The molecule has 30 heavy (non-hydrogen) atoms. The Balaban J connectivity index is 1.54. The maximum absolute atomic E-state index is 12.5. The standard InChI is InChI=1S/C22H25ClN4O2S/c1-4-27-21(19-8-6-5-7-16(19)2)24-25-22(27)30-15-20(28)26(3)13-14-29-18-11-9-17(23)10-12-18/h5-12H,4,13-15H2,1-3H3. The van der Waals surface area contributed by atoms with Crippen LogP contribution >= 0.6 is 23.4 Å². The van der Waals surface area contributed by atoms with Crippen molar-refractivity contribution in [3.05, 3.63) is 59.1 Å². The molecule has 158 valence electrons. The third-order valence-corrected chi connectivity index (χ3v) is 5.88. The molecule has 8 heteroatoms. The van der Waals surface area contributed by atoms with Crippen molar-refractivity contribution in [2.24, 2.45) is 0 Å². The first-order chi connectivity index (χ1) is 14.5. The van der Waals surface area contributed by atoms with Crippen LogP contribution in [-0.4, -0.2) is 51.5 Å². The molecule has 2 aromatic carbocycles. The van der Waals surface area contributed by atoms with Gasteiger partial charge in [0.25, 0.3) is 0 Å². The Bertz CT molecular complexity index is 991. The molecule has 1 amide bonds. The molecule has 3 rings (SSSR count). The van der Waals surface area contributed by atoms with Gasteiger partial charge < -0.3 is 14.2 Å². The number of carbonyl (C=O) groups is 1. The second-order valence-corrected chi connectivity index (χ2v) is 8.15. The second-order valence-electron chi connectivity index (χ2n) is 6.77. The number of likely N-dealkylation sites (N-methyl/N-ethyl adjacent to an activating group) is 1. The van der Waals surface area contributed by atoms with Gasteiger partial charge in [-0.15, -0.1) is 10.2 Å². The molecule has 1 aromatic heterocycles. The van der Waals surface area contributed by atoms with E-state index in [1.54, 1.807) is 24.1 Å². The molecule has 0 spiro atoms. The summed E-state index contributed by atoms with van der Waals surface area (Å²) in [6.07, 6.45) is 0. The SMILES string of the molecule is CCn1c(SCC(=O)N(C)CCOc2ccc(Cl)cc2)nnc1-c1ccccc1C. The lowest BCUT2D eigenvalue weighted by Crippen LogP contribution is -2.32. The highest BCUT2D eigenvalue weighted by molar-refractivity contribution is 7.99. The lowest BCUT2D eigenvalue weighted by molar-refractivity contribution is -0.127. The molecule has 0 atom stereocenters. The first-order valence-corrected chi connectivity index (χ1v) is 11.1. The van der Waals surface area contributed by atoms with Crippen molar-refractivity contribution in [3.63, 3.8) is 0 Å². The van der Waals surface area contributed by atoms with E-state index in [4.69, 9.17) is 16.3 Å². The van der Waals surface area contributed by atoms with E-state index in [1.165, 1.54) is 11.8 Å². The van der Waals surface area contributed by atoms with Gasteiger partial charge in [0.2, 0.25) is 5.91 Å². The summed E-state index contributed by atoms with van der Waals surface area (Å²) in [6, 6.07) is 15.3. The first-order valence-electron chi connectivity index (χ1n) is 9.74. The predicted octanol–water partition coefficient (Wildman–Crippen LogP) is 4.56. The normalized spacial score (nSPS) is 10.8. The summed E-state index contributed by atoms with van der Waals surface area (Å²) >= 11 is 7.27. The highest BCUT2D eigenvalue weighted by Crippen LogP contribution is 2.26. The molecule has 0 aliphatic carbocycles. The van der Waals surface area contributed by atoms with Crippen molar-refractivity contribution < 1.29 is 9.53 Å². The van der Waals surface area contributed by atoms with Crippen molar-refractivity contribution in [2.45, 2.75) is 25.5 Å². The first kappa shape index (κ1) is 22.2. The van der Waals surface area contributed by atoms with Crippen molar-refractivity contribution in [2.75, 3.05) is 26.0 Å². The summed E-state index contributed by atoms with van der Waals surface area (Å²) in [4.78, 5) is 14.2. The average molecular weight is 445 g/mol. The van der Waals surface area contributed by atoms with E-state index in [2.05, 4.69) is 30.1 Å². The number of nitrogens with zero attached hydrogens (tertiary/aromatic N) is 4. The number of ether oxygens (including phenoxy) is 1. The van der Waals surface area contributed by atoms with Gasteiger partial charge in [0.15, 0.2) is 11.0 Å². The minimum absolute atomic E-state index is 0.0165. The summed E-state index contributed by atoms with van der Waals surface area (Å²) in [6.45, 7) is 5.75. The van der Waals surface area contributed by atoms with Crippen LogP contribution in [0.4, 0.5) is 0 Å². The van der Waals surface area contributed by atoms with Gasteiger partial charge in [-0.3, -0.25) is 4.79 Å². The van der Waals surface area contributed by atoms with Crippen molar-refractivity contribution in [1.29, 1.82) is 0 Å². The Morgan fingerprint density at radius 2 is 1.90 bits per heavy atom. The van der Waals surface area contributed by atoms with Gasteiger partial charge >= 0.3 is 0 Å². The zero-order valence-electron chi connectivity index (χ0n) is 17.3. The number of aromatic nitrogens is 3. The van der Waals surface area contributed by atoms with E-state index in [9.17, 15) is 4.79 Å². The van der Waals surface area contributed by atoms with E-state index < -0.39 is 0 Å². The molecule has 1 heterocycles. The van der Waals surface area contributed by atoms with Crippen LogP contribution in [0.3, 0.4) is 0 Å². The third-order valence-electron chi connectivity index (χ3n) is 4.68. The molecule has 0 saturated heterocycles. The van der Waals surface area contributed by atoms with Crippen LogP contribution in [0.1, 0.15) is 12.5 Å². The van der Waals surface area contributed by atoms with E-state index in [1.807, 2.05) is 34.9 Å². The van der Waals surface area contributed by atoms with Gasteiger partial charge in [-0.25, -0.2) is 0 Å². The fourth-order valence-corrected chi connectivity index (χ4v) is 3.96. The molecule has 0 unspecified atom stereocenters. The van der Waals surface area contributed by atoms with E-state index in [0.29, 0.717) is 23.9 Å². The number of benzene rings is 2. The average Bonchev–Trinajstić information content (AvgIpc) is 3.16. The van der Waals surface area contributed by atoms with Gasteiger partial charge in [0, 0.05) is 24.2 Å². The zero-order chi connectivity index (χ0) is 21.5. The smallest absolute Gasteiger partial charge is 0.232 e. The number of hydrogen-bond donors (Lipinski definition) is 0. The van der Waals surface area contributed by atoms with Crippen molar-refractivity contribution in [3.8, 4) is 17.1 Å². The number of thioether (sulfide) groups is 1. The molecular weight excluding hydrogens is 420 g/mol. The number of halogens is 1. The highest BCUT2D eigenvalue weighted by Gasteiger charge is 2.17. The number of aryl methyl sites for hydroxylation is 1. The van der Waals surface area contributed by atoms with Crippen LogP contribution in [0, 0.1) is 6.92 Å². The molecular formula is C22H25ClN4O2S. The number of rotatable bonds is 9.